The highest BCUT2D eigenvalue weighted by atomic mass is 35.5. The number of ether oxygens (including phenoxy) is 1. The zero-order chi connectivity index (χ0) is 23.1. The van der Waals surface area contributed by atoms with Gasteiger partial charge in [-0.3, -0.25) is 4.90 Å². The fourth-order valence-electron chi connectivity index (χ4n) is 4.38. The number of nitrogens with one attached hydrogen (secondary N) is 1. The minimum atomic E-state index is -2.72. The van der Waals surface area contributed by atoms with Crippen molar-refractivity contribution in [2.24, 2.45) is 0 Å². The number of nitrogens with zero attached hydrogens (tertiary/aromatic N) is 6. The van der Waals surface area contributed by atoms with Crippen molar-refractivity contribution in [3.63, 3.8) is 0 Å². The van der Waals surface area contributed by atoms with Gasteiger partial charge in [0.2, 0.25) is 5.95 Å². The molecule has 12 heteroatoms. The summed E-state index contributed by atoms with van der Waals surface area (Å²) in [7, 11) is 0. The number of aromatic nitrogens is 4. The molecule has 1 aromatic carbocycles. The first-order chi connectivity index (χ1) is 15.9. The molecule has 2 fully saturated rings. The Labute approximate surface area is 193 Å². The third kappa shape index (κ3) is 4.33. The van der Waals surface area contributed by atoms with Crippen LogP contribution >= 0.6 is 11.6 Å². The molecule has 3 aromatic rings. The smallest absolute Gasteiger partial charge is 0.333 e. The normalized spacial score (nSPS) is 21.9. The first-order valence-electron chi connectivity index (χ1n) is 10.7. The van der Waals surface area contributed by atoms with E-state index in [1.807, 2.05) is 12.1 Å². The summed E-state index contributed by atoms with van der Waals surface area (Å²) in [5.74, 6) is 0.285. The van der Waals surface area contributed by atoms with Gasteiger partial charge in [0.15, 0.2) is 0 Å². The lowest BCUT2D eigenvalue weighted by Gasteiger charge is -2.39. The number of anilines is 3. The van der Waals surface area contributed by atoms with E-state index in [1.165, 1.54) is 6.20 Å². The van der Waals surface area contributed by atoms with Gasteiger partial charge in [-0.1, -0.05) is 11.6 Å². The maximum Gasteiger partial charge on any atom is 0.333 e. The number of aliphatic hydroxyl groups is 1. The molecule has 5 rings (SSSR count). The van der Waals surface area contributed by atoms with E-state index in [9.17, 15) is 13.9 Å². The Morgan fingerprint density at radius 2 is 1.97 bits per heavy atom. The fraction of sp³-hybridized carbons (Fsp3) is 0.476. The van der Waals surface area contributed by atoms with Crippen LogP contribution in [0, 0.1) is 6.92 Å². The first kappa shape index (κ1) is 22.2. The first-order valence-corrected chi connectivity index (χ1v) is 11.1. The molecule has 2 N–H and O–H groups in total. The van der Waals surface area contributed by atoms with Crippen LogP contribution in [0.15, 0.2) is 24.5 Å². The average molecular weight is 480 g/mol. The SMILES string of the molecule is Cc1c(Nc2ncc3cc(Cl)c(N4CCN(C5COCC5O)CC4)cc3n2)cnn1C(F)F. The molecule has 2 aromatic heterocycles. The van der Waals surface area contributed by atoms with E-state index in [-0.39, 0.29) is 12.0 Å². The molecule has 0 bridgehead atoms. The number of aliphatic hydroxyl groups excluding tert-OH is 1. The number of halogens is 3. The van der Waals surface area contributed by atoms with Gasteiger partial charge in [0, 0.05) is 37.8 Å². The van der Waals surface area contributed by atoms with Gasteiger partial charge in [0.05, 0.1) is 59.2 Å². The minimum Gasteiger partial charge on any atom is -0.389 e. The van der Waals surface area contributed by atoms with Crippen molar-refractivity contribution in [3.05, 3.63) is 35.2 Å². The summed E-state index contributed by atoms with van der Waals surface area (Å²) in [4.78, 5) is 13.3. The minimum absolute atomic E-state index is 0.0403. The number of fused-ring (bicyclic) bond motifs is 1. The maximum absolute atomic E-state index is 13.0. The van der Waals surface area contributed by atoms with Crippen molar-refractivity contribution < 1.29 is 18.6 Å². The van der Waals surface area contributed by atoms with Crippen LogP contribution in [0.3, 0.4) is 0 Å². The lowest BCUT2D eigenvalue weighted by Crippen LogP contribution is -2.53. The van der Waals surface area contributed by atoms with Crippen molar-refractivity contribution in [2.75, 3.05) is 49.6 Å². The van der Waals surface area contributed by atoms with Crippen molar-refractivity contribution in [1.29, 1.82) is 0 Å². The van der Waals surface area contributed by atoms with Crippen molar-refractivity contribution in [3.8, 4) is 0 Å². The Bertz CT molecular complexity index is 1150. The van der Waals surface area contributed by atoms with Gasteiger partial charge in [-0.15, -0.1) is 0 Å². The van der Waals surface area contributed by atoms with Gasteiger partial charge in [-0.25, -0.2) is 14.6 Å². The van der Waals surface area contributed by atoms with Crippen LogP contribution in [0.4, 0.5) is 26.1 Å². The Balaban J connectivity index is 1.34. The van der Waals surface area contributed by atoms with E-state index in [0.29, 0.717) is 39.8 Å². The van der Waals surface area contributed by atoms with Gasteiger partial charge in [0.1, 0.15) is 0 Å². The van der Waals surface area contributed by atoms with Crippen LogP contribution in [0.5, 0.6) is 0 Å². The number of rotatable bonds is 5. The number of alkyl halides is 2. The largest absolute Gasteiger partial charge is 0.389 e. The van der Waals surface area contributed by atoms with E-state index in [1.54, 1.807) is 13.1 Å². The molecule has 176 valence electrons. The van der Waals surface area contributed by atoms with E-state index >= 15 is 0 Å². The van der Waals surface area contributed by atoms with E-state index < -0.39 is 12.7 Å². The molecule has 2 unspecified atom stereocenters. The lowest BCUT2D eigenvalue weighted by atomic mass is 10.1. The topological polar surface area (TPSA) is 91.6 Å². The number of benzene rings is 1. The van der Waals surface area contributed by atoms with Crippen LogP contribution < -0.4 is 10.2 Å². The molecule has 9 nitrogen and oxygen atoms in total. The molecule has 0 radical (unpaired) electrons. The van der Waals surface area contributed by atoms with Gasteiger partial charge < -0.3 is 20.1 Å². The Morgan fingerprint density at radius 1 is 1.18 bits per heavy atom. The summed E-state index contributed by atoms with van der Waals surface area (Å²) in [6, 6.07) is 3.79. The molecule has 0 amide bonds. The number of piperazine rings is 1. The number of hydrogen-bond acceptors (Lipinski definition) is 8. The summed E-state index contributed by atoms with van der Waals surface area (Å²) < 4.78 is 32.0. The van der Waals surface area contributed by atoms with Crippen LogP contribution in [0.25, 0.3) is 10.9 Å². The molecule has 0 spiro atoms. The summed E-state index contributed by atoms with van der Waals surface area (Å²) in [6.07, 6.45) is 2.53. The second-order valence-corrected chi connectivity index (χ2v) is 8.65. The predicted octanol–water partition coefficient (Wildman–Crippen LogP) is 2.81. The summed E-state index contributed by atoms with van der Waals surface area (Å²) in [5.41, 5.74) is 2.27. The van der Waals surface area contributed by atoms with E-state index in [2.05, 4.69) is 30.2 Å². The predicted molar refractivity (Wildman–Crippen MR) is 120 cm³/mol. The highest BCUT2D eigenvalue weighted by molar-refractivity contribution is 6.34. The third-order valence-electron chi connectivity index (χ3n) is 6.27. The molecule has 2 aliphatic heterocycles. The number of hydrogen-bond donors (Lipinski definition) is 2. The second kappa shape index (κ2) is 8.98. The maximum atomic E-state index is 13.0. The van der Waals surface area contributed by atoms with E-state index in [4.69, 9.17) is 16.3 Å². The van der Waals surface area contributed by atoms with Gasteiger partial charge in [-0.05, 0) is 19.1 Å². The molecule has 33 heavy (non-hydrogen) atoms. The van der Waals surface area contributed by atoms with Crippen molar-refractivity contribution in [1.82, 2.24) is 24.6 Å². The van der Waals surface area contributed by atoms with Gasteiger partial charge in [-0.2, -0.15) is 13.9 Å². The molecule has 0 saturated carbocycles. The highest BCUT2D eigenvalue weighted by Gasteiger charge is 2.33. The van der Waals surface area contributed by atoms with Gasteiger partial charge >= 0.3 is 6.55 Å². The van der Waals surface area contributed by atoms with Crippen LogP contribution in [0.1, 0.15) is 12.2 Å². The fourth-order valence-corrected chi connectivity index (χ4v) is 4.67. The Kier molecular flexibility index (Phi) is 6.04. The monoisotopic (exact) mass is 479 g/mol. The Morgan fingerprint density at radius 3 is 2.64 bits per heavy atom. The molecule has 2 aliphatic rings. The second-order valence-electron chi connectivity index (χ2n) is 8.24. The molecule has 4 heterocycles. The molecule has 0 aliphatic carbocycles. The quantitative estimate of drug-likeness (QED) is 0.577. The molecular formula is C21H24ClF2N7O2. The highest BCUT2D eigenvalue weighted by Crippen LogP contribution is 2.32. The Hall–Kier alpha value is -2.60. The average Bonchev–Trinajstić information content (AvgIpc) is 3.39. The van der Waals surface area contributed by atoms with Crippen LogP contribution in [-0.4, -0.2) is 81.3 Å². The van der Waals surface area contributed by atoms with Gasteiger partial charge in [0.25, 0.3) is 0 Å². The van der Waals surface area contributed by atoms with Crippen LogP contribution in [0.2, 0.25) is 5.02 Å². The molecular weight excluding hydrogens is 456 g/mol. The molecule has 2 saturated heterocycles. The summed E-state index contributed by atoms with van der Waals surface area (Å²) in [5, 5.41) is 18.2. The van der Waals surface area contributed by atoms with E-state index in [0.717, 1.165) is 37.3 Å². The summed E-state index contributed by atoms with van der Waals surface area (Å²) >= 11 is 6.58. The summed E-state index contributed by atoms with van der Waals surface area (Å²) in [6.45, 7) is 2.89. The van der Waals surface area contributed by atoms with Crippen molar-refractivity contribution in [2.45, 2.75) is 25.6 Å². The lowest BCUT2D eigenvalue weighted by molar-refractivity contribution is 0.0545. The zero-order valence-electron chi connectivity index (χ0n) is 18.0. The van der Waals surface area contributed by atoms with Crippen molar-refractivity contribution >= 4 is 39.8 Å². The standard InChI is InChI=1S/C21H24ClF2N7O2/c1-12-16(9-26-31(12)20(23)24)28-21-25-8-13-6-14(22)17(7-15(13)27-21)29-2-4-30(5-3-29)18-10-33-11-19(18)32/h6-9,18-20,32H,2-5,10-11H2,1H3,(H,25,27,28). The molecule has 2 atom stereocenters. The third-order valence-corrected chi connectivity index (χ3v) is 6.57. The van der Waals surface area contributed by atoms with Crippen LogP contribution in [-0.2, 0) is 4.74 Å². The zero-order valence-corrected chi connectivity index (χ0v) is 18.7.